The van der Waals surface area contributed by atoms with Crippen LogP contribution in [0.5, 0.6) is 11.5 Å². The zero-order chi connectivity index (χ0) is 21.9. The molecule has 1 N–H and O–H groups in total. The van der Waals surface area contributed by atoms with Crippen LogP contribution >= 0.6 is 0 Å². The Bertz CT molecular complexity index is 938. The highest BCUT2D eigenvalue weighted by Gasteiger charge is 2.52. The molecule has 0 spiro atoms. The first-order valence-corrected chi connectivity index (χ1v) is 12.4. The molecule has 1 aromatic carbocycles. The molecule has 0 aromatic heterocycles. The van der Waals surface area contributed by atoms with Gasteiger partial charge in [0.15, 0.2) is 11.5 Å². The predicted molar refractivity (Wildman–Crippen MR) is 121 cm³/mol. The Morgan fingerprint density at radius 2 is 2.00 bits per heavy atom. The maximum absolute atomic E-state index is 12.9. The second kappa shape index (κ2) is 7.68. The Kier molecular flexibility index (Phi) is 4.90. The van der Waals surface area contributed by atoms with E-state index in [0.717, 1.165) is 50.6 Å². The Morgan fingerprint density at radius 3 is 2.84 bits per heavy atom. The van der Waals surface area contributed by atoms with Crippen molar-refractivity contribution in [3.05, 3.63) is 29.8 Å². The van der Waals surface area contributed by atoms with Crippen molar-refractivity contribution in [1.82, 2.24) is 0 Å². The number of quaternary nitrogens is 1. The second-order valence-corrected chi connectivity index (χ2v) is 10.8. The zero-order valence-corrected chi connectivity index (χ0v) is 19.3. The van der Waals surface area contributed by atoms with E-state index in [1.165, 1.54) is 29.8 Å². The van der Waals surface area contributed by atoms with E-state index < -0.39 is 0 Å². The van der Waals surface area contributed by atoms with Gasteiger partial charge in [-0.15, -0.1) is 0 Å². The third kappa shape index (κ3) is 3.38. The predicted octanol–water partition coefficient (Wildman–Crippen LogP) is 2.43. The molecule has 5 aliphatic rings. The number of hydrogen-bond donors (Lipinski definition) is 1. The molecule has 2 aliphatic carbocycles. The van der Waals surface area contributed by atoms with Crippen molar-refractivity contribution in [3.63, 3.8) is 0 Å². The van der Waals surface area contributed by atoms with E-state index in [9.17, 15) is 4.79 Å². The van der Waals surface area contributed by atoms with E-state index in [4.69, 9.17) is 14.2 Å². The molecule has 0 bridgehead atoms. The number of ether oxygens (including phenoxy) is 3. The molecule has 172 valence electrons. The first-order chi connectivity index (χ1) is 15.5. The van der Waals surface area contributed by atoms with Crippen molar-refractivity contribution >= 4 is 11.7 Å². The lowest BCUT2D eigenvalue weighted by atomic mass is 9.59. The van der Waals surface area contributed by atoms with Gasteiger partial charge in [0.1, 0.15) is 12.0 Å². The number of piperazine rings is 1. The molecule has 6 heteroatoms. The first kappa shape index (κ1) is 20.4. The normalized spacial score (nSPS) is 36.4. The lowest BCUT2D eigenvalue weighted by Gasteiger charge is -2.46. The molecule has 0 unspecified atom stereocenters. The van der Waals surface area contributed by atoms with Crippen LogP contribution in [0.25, 0.3) is 0 Å². The molecular weight excluding hydrogens is 404 g/mol. The molecular formula is C26H35N2O4+. The largest absolute Gasteiger partial charge is 0.461 e. The van der Waals surface area contributed by atoms with Crippen LogP contribution in [0.2, 0.25) is 0 Å². The molecule has 6 nitrogen and oxygen atoms in total. The Hall–Kier alpha value is -2.21. The monoisotopic (exact) mass is 439 g/mol. The molecule has 2 saturated heterocycles. The molecule has 6 rings (SSSR count). The van der Waals surface area contributed by atoms with Gasteiger partial charge in [0.2, 0.25) is 6.79 Å². The molecule has 3 aliphatic heterocycles. The van der Waals surface area contributed by atoms with Crippen molar-refractivity contribution in [3.8, 4) is 11.5 Å². The summed E-state index contributed by atoms with van der Waals surface area (Å²) in [4.78, 5) is 16.8. The maximum Gasteiger partial charge on any atom is 0.315 e. The molecule has 32 heavy (non-hydrogen) atoms. The average Bonchev–Trinajstić information content (AvgIpc) is 3.36. The highest BCUT2D eigenvalue weighted by molar-refractivity contribution is 5.76. The van der Waals surface area contributed by atoms with Gasteiger partial charge in [-0.25, -0.2) is 0 Å². The van der Waals surface area contributed by atoms with Crippen LogP contribution in [0.1, 0.15) is 39.5 Å². The van der Waals surface area contributed by atoms with Crippen LogP contribution in [-0.2, 0) is 9.53 Å². The van der Waals surface area contributed by atoms with Gasteiger partial charge in [0.25, 0.3) is 0 Å². The van der Waals surface area contributed by atoms with Gasteiger partial charge in [-0.05, 0) is 42.7 Å². The van der Waals surface area contributed by atoms with Crippen LogP contribution in [-0.4, -0.2) is 51.6 Å². The number of nitrogens with one attached hydrogen (secondary N) is 1. The number of rotatable bonds is 3. The number of hydrogen-bond acceptors (Lipinski definition) is 5. The fourth-order valence-electron chi connectivity index (χ4n) is 6.96. The van der Waals surface area contributed by atoms with Crippen LogP contribution in [0.3, 0.4) is 0 Å². The lowest BCUT2D eigenvalue weighted by Crippen LogP contribution is -3.15. The number of fused-ring (bicyclic) bond motifs is 3. The molecule has 3 fully saturated rings. The lowest BCUT2D eigenvalue weighted by molar-refractivity contribution is -0.903. The van der Waals surface area contributed by atoms with Crippen molar-refractivity contribution in [1.29, 1.82) is 0 Å². The number of carbonyl (C=O) groups excluding carboxylic acids is 1. The number of carbonyl (C=O) groups is 1. The summed E-state index contributed by atoms with van der Waals surface area (Å²) in [5.74, 6) is 2.63. The van der Waals surface area contributed by atoms with E-state index in [2.05, 4.69) is 37.0 Å². The van der Waals surface area contributed by atoms with Gasteiger partial charge in [0.05, 0.1) is 32.7 Å². The quantitative estimate of drug-likeness (QED) is 0.579. The summed E-state index contributed by atoms with van der Waals surface area (Å²) in [6, 6.07) is 6.21. The third-order valence-electron chi connectivity index (χ3n) is 8.78. The highest BCUT2D eigenvalue weighted by atomic mass is 16.7. The van der Waals surface area contributed by atoms with Gasteiger partial charge < -0.3 is 24.0 Å². The summed E-state index contributed by atoms with van der Waals surface area (Å²) in [5, 5.41) is 0. The fourth-order valence-corrected chi connectivity index (χ4v) is 6.96. The van der Waals surface area contributed by atoms with Crippen molar-refractivity contribution in [2.45, 2.75) is 45.6 Å². The highest BCUT2D eigenvalue weighted by Crippen LogP contribution is 2.53. The Labute approximate surface area is 190 Å². The van der Waals surface area contributed by atoms with Gasteiger partial charge in [-0.2, -0.15) is 0 Å². The Morgan fingerprint density at radius 1 is 1.19 bits per heavy atom. The van der Waals surface area contributed by atoms with Gasteiger partial charge in [-0.1, -0.05) is 31.9 Å². The first-order valence-electron chi connectivity index (χ1n) is 12.4. The van der Waals surface area contributed by atoms with E-state index in [0.29, 0.717) is 12.7 Å². The fraction of sp³-hybridized carbons (Fsp3) is 0.654. The third-order valence-corrected chi connectivity index (χ3v) is 8.78. The number of anilines is 1. The second-order valence-electron chi connectivity index (χ2n) is 10.8. The summed E-state index contributed by atoms with van der Waals surface area (Å²) >= 11 is 0. The van der Waals surface area contributed by atoms with E-state index in [-0.39, 0.29) is 29.3 Å². The topological polar surface area (TPSA) is 52.4 Å². The van der Waals surface area contributed by atoms with Gasteiger partial charge >= 0.3 is 5.97 Å². The standard InChI is InChI=1S/C26H34N2O4/c1-17-4-3-7-26(2)14-24-19(13-21(17)26)20(25(29)32-24)15-27-8-10-28(11-9-27)18-5-6-22-23(12-18)31-16-30-22/h5-6,12-13,17,19-20,24H,3-4,7-11,14-16H2,1-2H3/p+1/t17-,19+,20+,24+,26+/m0/s1. The average molecular weight is 440 g/mol. The van der Waals surface area contributed by atoms with Crippen molar-refractivity contribution < 1.29 is 23.9 Å². The number of allylic oxidation sites excluding steroid dienone is 1. The summed E-state index contributed by atoms with van der Waals surface area (Å²) < 4.78 is 17.0. The van der Waals surface area contributed by atoms with E-state index >= 15 is 0 Å². The molecule has 1 saturated carbocycles. The smallest absolute Gasteiger partial charge is 0.315 e. The van der Waals surface area contributed by atoms with Crippen LogP contribution in [0.15, 0.2) is 29.8 Å². The zero-order valence-electron chi connectivity index (χ0n) is 19.3. The van der Waals surface area contributed by atoms with Crippen molar-refractivity contribution in [2.24, 2.45) is 23.2 Å². The summed E-state index contributed by atoms with van der Waals surface area (Å²) in [7, 11) is 0. The van der Waals surface area contributed by atoms with Gasteiger partial charge in [0, 0.05) is 17.7 Å². The molecule has 0 amide bonds. The molecule has 0 radical (unpaired) electrons. The Balaban J connectivity index is 1.12. The number of esters is 1. The minimum Gasteiger partial charge on any atom is -0.461 e. The molecule has 5 atom stereocenters. The minimum atomic E-state index is 0.0123. The maximum atomic E-state index is 12.9. The number of benzene rings is 1. The van der Waals surface area contributed by atoms with Crippen LogP contribution in [0.4, 0.5) is 5.69 Å². The van der Waals surface area contributed by atoms with E-state index in [1.807, 2.05) is 6.07 Å². The van der Waals surface area contributed by atoms with Crippen LogP contribution < -0.4 is 19.3 Å². The summed E-state index contributed by atoms with van der Waals surface area (Å²) in [6.45, 7) is 10.0. The van der Waals surface area contributed by atoms with E-state index in [1.54, 1.807) is 5.57 Å². The summed E-state index contributed by atoms with van der Waals surface area (Å²) in [5.41, 5.74) is 3.03. The SMILES string of the molecule is C[C@H]1CCC[C@]2(C)C[C@H]3OC(=O)[C@H](C[NH+]4CCN(c5ccc6c(c5)OCO6)CC4)[C@H]3C=C12. The van der Waals surface area contributed by atoms with Gasteiger partial charge in [-0.3, -0.25) is 4.79 Å². The number of nitrogens with zero attached hydrogens (tertiary/aromatic N) is 1. The molecule has 3 heterocycles. The summed E-state index contributed by atoms with van der Waals surface area (Å²) in [6.07, 6.45) is 7.40. The van der Waals surface area contributed by atoms with Crippen LogP contribution in [0, 0.1) is 23.2 Å². The van der Waals surface area contributed by atoms with Crippen molar-refractivity contribution in [2.75, 3.05) is 44.4 Å². The minimum absolute atomic E-state index is 0.0123. The molecule has 1 aromatic rings.